The van der Waals surface area contributed by atoms with E-state index in [4.69, 9.17) is 4.74 Å². The first-order valence-corrected chi connectivity index (χ1v) is 8.73. The molecule has 0 bridgehead atoms. The van der Waals surface area contributed by atoms with Crippen LogP contribution in [0.1, 0.15) is 45.0 Å². The van der Waals surface area contributed by atoms with Gasteiger partial charge >= 0.3 is 6.09 Å². The normalized spacial score (nSPS) is 12.1. The average molecular weight is 371 g/mol. The van der Waals surface area contributed by atoms with Gasteiger partial charge in [-0.3, -0.25) is 9.78 Å². The van der Waals surface area contributed by atoms with Crippen molar-refractivity contribution >= 4 is 17.8 Å². The maximum atomic E-state index is 12.0. The van der Waals surface area contributed by atoms with Crippen molar-refractivity contribution in [3.8, 4) is 0 Å². The fraction of sp³-hybridized carbons (Fsp3) is 0.421. The Kier molecular flexibility index (Phi) is 6.81. The number of amides is 2. The minimum Gasteiger partial charge on any atom is -0.444 e. The van der Waals surface area contributed by atoms with Crippen LogP contribution in [0.25, 0.3) is 0 Å². The maximum Gasteiger partial charge on any atom is 0.407 e. The summed E-state index contributed by atoms with van der Waals surface area (Å²) in [6.07, 6.45) is 1.34. The van der Waals surface area contributed by atoms with Crippen LogP contribution in [0.2, 0.25) is 0 Å². The van der Waals surface area contributed by atoms with E-state index in [-0.39, 0.29) is 18.2 Å². The van der Waals surface area contributed by atoms with Crippen LogP contribution in [0, 0.1) is 0 Å². The number of rotatable bonds is 6. The van der Waals surface area contributed by atoms with E-state index in [2.05, 4.69) is 25.8 Å². The monoisotopic (exact) mass is 371 g/mol. The van der Waals surface area contributed by atoms with Crippen molar-refractivity contribution < 1.29 is 14.3 Å². The molecule has 2 aromatic heterocycles. The van der Waals surface area contributed by atoms with Crippen molar-refractivity contribution in [1.29, 1.82) is 0 Å². The lowest BCUT2D eigenvalue weighted by atomic mass is 10.1. The number of hydrogen-bond donors (Lipinski definition) is 2. The van der Waals surface area contributed by atoms with Gasteiger partial charge in [-0.2, -0.15) is 5.10 Å². The molecule has 0 radical (unpaired) electrons. The molecule has 1 atom stereocenters. The predicted molar refractivity (Wildman–Crippen MR) is 101 cm³/mol. The fourth-order valence-corrected chi connectivity index (χ4v) is 2.18. The Hall–Kier alpha value is -3.03. The molecule has 2 rings (SSSR count). The molecule has 0 aliphatic heterocycles. The van der Waals surface area contributed by atoms with Crippen molar-refractivity contribution in [1.82, 2.24) is 20.5 Å². The van der Waals surface area contributed by atoms with Crippen LogP contribution in [-0.4, -0.2) is 39.3 Å². The zero-order valence-corrected chi connectivity index (χ0v) is 16.0. The first-order chi connectivity index (χ1) is 12.7. The maximum absolute atomic E-state index is 12.0. The molecule has 0 aliphatic rings. The number of carbonyl (C=O) groups is 2. The van der Waals surface area contributed by atoms with Crippen LogP contribution >= 0.6 is 0 Å². The highest BCUT2D eigenvalue weighted by Gasteiger charge is 2.17. The first-order valence-electron chi connectivity index (χ1n) is 8.73. The Balaban J connectivity index is 1.83. The Bertz CT molecular complexity index is 757. The number of nitrogens with one attached hydrogen (secondary N) is 2. The van der Waals surface area contributed by atoms with E-state index in [0.717, 1.165) is 0 Å². The Morgan fingerprint density at radius 2 is 1.93 bits per heavy atom. The quantitative estimate of drug-likeness (QED) is 0.809. The van der Waals surface area contributed by atoms with Crippen molar-refractivity contribution in [2.75, 3.05) is 11.9 Å². The van der Waals surface area contributed by atoms with Crippen molar-refractivity contribution in [2.24, 2.45) is 0 Å². The van der Waals surface area contributed by atoms with E-state index >= 15 is 0 Å². The largest absolute Gasteiger partial charge is 0.444 e. The zero-order chi connectivity index (χ0) is 19.9. The van der Waals surface area contributed by atoms with Crippen LogP contribution in [0.5, 0.6) is 0 Å². The summed E-state index contributed by atoms with van der Waals surface area (Å²) in [5.74, 6) is 0.102. The van der Waals surface area contributed by atoms with Gasteiger partial charge in [-0.1, -0.05) is 13.0 Å². The highest BCUT2D eigenvalue weighted by molar-refractivity contribution is 5.91. The van der Waals surface area contributed by atoms with Crippen molar-refractivity contribution in [2.45, 2.75) is 45.6 Å². The predicted octanol–water partition coefficient (Wildman–Crippen LogP) is 2.68. The molecule has 2 aromatic rings. The highest BCUT2D eigenvalue weighted by Crippen LogP contribution is 2.13. The van der Waals surface area contributed by atoms with Gasteiger partial charge in [-0.25, -0.2) is 4.79 Å². The second kappa shape index (κ2) is 9.07. The molecule has 1 unspecified atom stereocenters. The topological polar surface area (TPSA) is 106 Å². The number of hydrogen-bond acceptors (Lipinski definition) is 6. The first kappa shape index (κ1) is 20.3. The van der Waals surface area contributed by atoms with E-state index in [9.17, 15) is 9.59 Å². The van der Waals surface area contributed by atoms with E-state index < -0.39 is 11.7 Å². The van der Waals surface area contributed by atoms with Crippen molar-refractivity contribution in [3.63, 3.8) is 0 Å². The third-order valence-electron chi connectivity index (χ3n) is 3.48. The number of anilines is 1. The number of carbonyl (C=O) groups excluding carboxylic acids is 2. The third kappa shape index (κ3) is 7.39. The molecule has 0 saturated heterocycles. The van der Waals surface area contributed by atoms with Crippen molar-refractivity contribution in [3.05, 3.63) is 47.9 Å². The molecule has 8 heteroatoms. The Morgan fingerprint density at radius 1 is 1.15 bits per heavy atom. The minimum atomic E-state index is -0.539. The fourth-order valence-electron chi connectivity index (χ4n) is 2.18. The van der Waals surface area contributed by atoms with Gasteiger partial charge in [0, 0.05) is 24.4 Å². The summed E-state index contributed by atoms with van der Waals surface area (Å²) in [5.41, 5.74) is 0.845. The number of alkyl carbamates (subject to hydrolysis) is 1. The van der Waals surface area contributed by atoms with E-state index in [0.29, 0.717) is 23.8 Å². The molecule has 0 aromatic carbocycles. The second-order valence-electron chi connectivity index (χ2n) is 7.17. The highest BCUT2D eigenvalue weighted by atomic mass is 16.6. The van der Waals surface area contributed by atoms with Gasteiger partial charge in [0.25, 0.3) is 0 Å². The number of pyridine rings is 1. The Labute approximate surface area is 158 Å². The summed E-state index contributed by atoms with van der Waals surface area (Å²) in [5, 5.41) is 13.5. The number of aromatic nitrogens is 3. The minimum absolute atomic E-state index is 0.0525. The standard InChI is InChI=1S/C19H25N5O3/c1-13(12-21-18(26)27-19(2,3)4)15-8-9-16(24-23-15)22-17(25)11-14-7-5-6-10-20-14/h5-10,13H,11-12H2,1-4H3,(H,21,26)(H,22,24,25). The summed E-state index contributed by atoms with van der Waals surface area (Å²) in [6, 6.07) is 8.86. The smallest absolute Gasteiger partial charge is 0.407 e. The summed E-state index contributed by atoms with van der Waals surface area (Å²) >= 11 is 0. The average Bonchev–Trinajstić information content (AvgIpc) is 2.59. The summed E-state index contributed by atoms with van der Waals surface area (Å²) < 4.78 is 5.20. The summed E-state index contributed by atoms with van der Waals surface area (Å²) in [4.78, 5) is 27.8. The van der Waals surface area contributed by atoms with Crippen LogP contribution < -0.4 is 10.6 Å². The molecule has 2 N–H and O–H groups in total. The zero-order valence-electron chi connectivity index (χ0n) is 16.0. The van der Waals surface area contributed by atoms with Gasteiger partial charge in [0.15, 0.2) is 5.82 Å². The van der Waals surface area contributed by atoms with Crippen LogP contribution in [0.15, 0.2) is 36.5 Å². The third-order valence-corrected chi connectivity index (χ3v) is 3.48. The van der Waals surface area contributed by atoms with Gasteiger partial charge < -0.3 is 15.4 Å². The van der Waals surface area contributed by atoms with E-state index in [1.807, 2.05) is 33.8 Å². The van der Waals surface area contributed by atoms with E-state index in [1.165, 1.54) is 0 Å². The molecule has 2 heterocycles. The molecule has 27 heavy (non-hydrogen) atoms. The van der Waals surface area contributed by atoms with Crippen LogP contribution in [-0.2, 0) is 16.0 Å². The molecular weight excluding hydrogens is 346 g/mol. The molecule has 2 amide bonds. The molecule has 0 saturated carbocycles. The second-order valence-corrected chi connectivity index (χ2v) is 7.17. The van der Waals surface area contributed by atoms with E-state index in [1.54, 1.807) is 30.5 Å². The molecule has 0 fully saturated rings. The van der Waals surface area contributed by atoms with Crippen LogP contribution in [0.4, 0.5) is 10.6 Å². The van der Waals surface area contributed by atoms with Gasteiger partial charge in [-0.15, -0.1) is 5.10 Å². The summed E-state index contributed by atoms with van der Waals surface area (Å²) in [6.45, 7) is 7.71. The lowest BCUT2D eigenvalue weighted by Crippen LogP contribution is -2.34. The molecule has 8 nitrogen and oxygen atoms in total. The van der Waals surface area contributed by atoms with Gasteiger partial charge in [0.2, 0.25) is 5.91 Å². The lowest BCUT2D eigenvalue weighted by molar-refractivity contribution is -0.115. The SMILES string of the molecule is CC(CNC(=O)OC(C)(C)C)c1ccc(NC(=O)Cc2ccccn2)nn1. The van der Waals surface area contributed by atoms with Gasteiger partial charge in [-0.05, 0) is 45.0 Å². The Morgan fingerprint density at radius 3 is 2.52 bits per heavy atom. The lowest BCUT2D eigenvalue weighted by Gasteiger charge is -2.20. The summed E-state index contributed by atoms with van der Waals surface area (Å²) in [7, 11) is 0. The van der Waals surface area contributed by atoms with Gasteiger partial charge in [0.1, 0.15) is 5.60 Å². The number of nitrogens with zero attached hydrogens (tertiary/aromatic N) is 3. The molecule has 0 aliphatic carbocycles. The molecule has 0 spiro atoms. The van der Waals surface area contributed by atoms with Crippen LogP contribution in [0.3, 0.4) is 0 Å². The number of ether oxygens (including phenoxy) is 1. The van der Waals surface area contributed by atoms with Gasteiger partial charge in [0.05, 0.1) is 12.1 Å². The molecular formula is C19H25N5O3. The molecule has 144 valence electrons.